The van der Waals surface area contributed by atoms with Gasteiger partial charge in [0.2, 0.25) is 11.9 Å². The van der Waals surface area contributed by atoms with E-state index >= 15 is 0 Å². The van der Waals surface area contributed by atoms with Gasteiger partial charge in [0.15, 0.2) is 0 Å². The number of aryl methyl sites for hydroxylation is 1. The van der Waals surface area contributed by atoms with E-state index in [1.54, 1.807) is 6.20 Å². The van der Waals surface area contributed by atoms with Gasteiger partial charge >= 0.3 is 0 Å². The van der Waals surface area contributed by atoms with Gasteiger partial charge in [0, 0.05) is 62.6 Å². The Balaban J connectivity index is 1.14. The molecular formula is C23H32N8O2. The first-order valence-corrected chi connectivity index (χ1v) is 11.9. The monoisotopic (exact) mass is 452 g/mol. The first kappa shape index (κ1) is 21.8. The summed E-state index contributed by atoms with van der Waals surface area (Å²) in [6.45, 7) is 6.85. The van der Waals surface area contributed by atoms with Crippen molar-refractivity contribution in [1.82, 2.24) is 34.5 Å². The van der Waals surface area contributed by atoms with Crippen LogP contribution >= 0.6 is 0 Å². The molecule has 0 spiro atoms. The highest BCUT2D eigenvalue weighted by atomic mass is 16.5. The molecule has 1 aliphatic carbocycles. The number of hydrogen-bond acceptors (Lipinski definition) is 7. The molecule has 1 amide bonds. The first-order valence-electron chi connectivity index (χ1n) is 11.9. The Morgan fingerprint density at radius 1 is 1.15 bits per heavy atom. The van der Waals surface area contributed by atoms with Gasteiger partial charge in [-0.05, 0) is 25.3 Å². The van der Waals surface area contributed by atoms with Gasteiger partial charge in [-0.1, -0.05) is 6.42 Å². The van der Waals surface area contributed by atoms with Crippen LogP contribution in [0.3, 0.4) is 0 Å². The zero-order valence-electron chi connectivity index (χ0n) is 18.9. The second-order valence-electron chi connectivity index (χ2n) is 8.83. The highest BCUT2D eigenvalue weighted by molar-refractivity contribution is 5.79. The van der Waals surface area contributed by atoms with Gasteiger partial charge in [-0.3, -0.25) is 14.4 Å². The molecule has 0 aromatic carbocycles. The molecule has 1 saturated carbocycles. The number of hydrogen-bond donors (Lipinski definition) is 2. The molecule has 1 aliphatic heterocycles. The van der Waals surface area contributed by atoms with Crippen LogP contribution in [0, 0.1) is 5.92 Å². The number of anilines is 2. The van der Waals surface area contributed by atoms with Gasteiger partial charge in [-0.15, -0.1) is 0 Å². The van der Waals surface area contributed by atoms with Crippen molar-refractivity contribution in [1.29, 1.82) is 0 Å². The van der Waals surface area contributed by atoms with Crippen LogP contribution in [0.5, 0.6) is 0 Å². The molecular weight excluding hydrogens is 420 g/mol. The number of ether oxygens (including phenoxy) is 1. The topological polar surface area (TPSA) is 102 Å². The smallest absolute Gasteiger partial charge is 0.229 e. The molecule has 10 heteroatoms. The van der Waals surface area contributed by atoms with E-state index in [-0.39, 0.29) is 11.8 Å². The fourth-order valence-electron chi connectivity index (χ4n) is 4.24. The van der Waals surface area contributed by atoms with Crippen LogP contribution in [0.2, 0.25) is 0 Å². The lowest BCUT2D eigenvalue weighted by atomic mass is 9.85. The van der Waals surface area contributed by atoms with E-state index in [2.05, 4.69) is 30.2 Å². The van der Waals surface area contributed by atoms with Crippen molar-refractivity contribution in [2.75, 3.05) is 44.7 Å². The number of fused-ring (bicyclic) bond motifs is 1. The zero-order chi connectivity index (χ0) is 22.5. The van der Waals surface area contributed by atoms with Crippen LogP contribution in [0.4, 0.5) is 11.6 Å². The summed E-state index contributed by atoms with van der Waals surface area (Å²) in [6.07, 6.45) is 11.8. The van der Waals surface area contributed by atoms with Crippen LogP contribution in [0.25, 0.3) is 11.0 Å². The normalized spacial score (nSPS) is 17.2. The fourth-order valence-corrected chi connectivity index (χ4v) is 4.24. The minimum Gasteiger partial charge on any atom is -0.379 e. The molecule has 0 atom stereocenters. The van der Waals surface area contributed by atoms with E-state index in [0.717, 1.165) is 81.9 Å². The van der Waals surface area contributed by atoms with Crippen LogP contribution < -0.4 is 10.6 Å². The number of nitrogens with one attached hydrogen (secondary N) is 2. The van der Waals surface area contributed by atoms with Gasteiger partial charge in [0.1, 0.15) is 5.65 Å². The molecule has 176 valence electrons. The van der Waals surface area contributed by atoms with Gasteiger partial charge < -0.3 is 19.9 Å². The molecule has 10 nitrogen and oxygen atoms in total. The Hall–Kier alpha value is -2.98. The molecule has 3 aromatic heterocycles. The summed E-state index contributed by atoms with van der Waals surface area (Å²) in [5.41, 5.74) is 1.76. The van der Waals surface area contributed by atoms with Crippen molar-refractivity contribution in [2.24, 2.45) is 5.92 Å². The molecule has 2 N–H and O–H groups in total. The van der Waals surface area contributed by atoms with E-state index in [1.165, 1.54) is 6.42 Å². The van der Waals surface area contributed by atoms with E-state index in [4.69, 9.17) is 9.72 Å². The van der Waals surface area contributed by atoms with Crippen molar-refractivity contribution < 1.29 is 9.53 Å². The van der Waals surface area contributed by atoms with Crippen molar-refractivity contribution in [3.8, 4) is 0 Å². The summed E-state index contributed by atoms with van der Waals surface area (Å²) in [5.74, 6) is 0.994. The summed E-state index contributed by atoms with van der Waals surface area (Å²) in [4.78, 5) is 23.5. The van der Waals surface area contributed by atoms with Crippen LogP contribution in [0.15, 0.2) is 30.9 Å². The third-order valence-electron chi connectivity index (χ3n) is 6.49. The summed E-state index contributed by atoms with van der Waals surface area (Å²) in [6, 6.07) is 2.02. The van der Waals surface area contributed by atoms with Crippen LogP contribution in [-0.2, 0) is 22.6 Å². The summed E-state index contributed by atoms with van der Waals surface area (Å²) in [5, 5.41) is 11.8. The standard InChI is InChI=1S/C23H32N8O2/c32-22(18-3-1-4-18)24-6-2-7-30-8-5-19-15-25-23(28-21(19)30)27-20-16-26-31(17-20)10-9-29-11-13-33-14-12-29/h5,8,15-18H,1-4,6-7,9-14H2,(H,24,32)(H,25,27,28). The van der Waals surface area contributed by atoms with E-state index < -0.39 is 0 Å². The molecule has 4 heterocycles. The molecule has 2 aliphatic rings. The molecule has 5 rings (SSSR count). The number of rotatable bonds is 10. The lowest BCUT2D eigenvalue weighted by molar-refractivity contribution is -0.127. The minimum absolute atomic E-state index is 0.206. The molecule has 1 saturated heterocycles. The van der Waals surface area contributed by atoms with Crippen LogP contribution in [0.1, 0.15) is 25.7 Å². The van der Waals surface area contributed by atoms with E-state index in [9.17, 15) is 4.79 Å². The maximum absolute atomic E-state index is 12.0. The average molecular weight is 453 g/mol. The Kier molecular flexibility index (Phi) is 6.82. The number of carbonyl (C=O) groups is 1. The van der Waals surface area contributed by atoms with Gasteiger partial charge in [0.25, 0.3) is 0 Å². The van der Waals surface area contributed by atoms with Crippen molar-refractivity contribution in [3.63, 3.8) is 0 Å². The Morgan fingerprint density at radius 2 is 2.03 bits per heavy atom. The van der Waals surface area contributed by atoms with E-state index in [1.807, 2.05) is 29.3 Å². The molecule has 2 fully saturated rings. The summed E-state index contributed by atoms with van der Waals surface area (Å²) >= 11 is 0. The minimum atomic E-state index is 0.206. The number of morpholine rings is 1. The predicted octanol–water partition coefficient (Wildman–Crippen LogP) is 2.01. The molecule has 33 heavy (non-hydrogen) atoms. The highest BCUT2D eigenvalue weighted by Crippen LogP contribution is 2.26. The number of aromatic nitrogens is 5. The molecule has 0 bridgehead atoms. The molecule has 0 radical (unpaired) electrons. The summed E-state index contributed by atoms with van der Waals surface area (Å²) in [7, 11) is 0. The maximum atomic E-state index is 12.0. The zero-order valence-corrected chi connectivity index (χ0v) is 18.9. The SMILES string of the molecule is O=C(NCCCn1ccc2cnc(Nc3cnn(CCN4CCOCC4)c3)nc21)C1CCC1. The van der Waals surface area contributed by atoms with Gasteiger partial charge in [-0.2, -0.15) is 10.1 Å². The average Bonchev–Trinajstić information content (AvgIpc) is 3.41. The quantitative estimate of drug-likeness (QED) is 0.454. The Bertz CT molecular complexity index is 1070. The lowest BCUT2D eigenvalue weighted by Gasteiger charge is -2.26. The largest absolute Gasteiger partial charge is 0.379 e. The summed E-state index contributed by atoms with van der Waals surface area (Å²) < 4.78 is 9.46. The van der Waals surface area contributed by atoms with E-state index in [0.29, 0.717) is 12.5 Å². The fraction of sp³-hybridized carbons (Fsp3) is 0.565. The second kappa shape index (κ2) is 10.3. The van der Waals surface area contributed by atoms with Crippen molar-refractivity contribution in [3.05, 3.63) is 30.9 Å². The van der Waals surface area contributed by atoms with Gasteiger partial charge in [0.05, 0.1) is 31.6 Å². The number of nitrogens with zero attached hydrogens (tertiary/aromatic N) is 6. The third kappa shape index (κ3) is 5.51. The predicted molar refractivity (Wildman–Crippen MR) is 125 cm³/mol. The first-order chi connectivity index (χ1) is 16.2. The Morgan fingerprint density at radius 3 is 2.85 bits per heavy atom. The number of carbonyl (C=O) groups excluding carboxylic acids is 1. The Labute approximate surface area is 193 Å². The van der Waals surface area contributed by atoms with Gasteiger partial charge in [-0.25, -0.2) is 4.98 Å². The molecule has 0 unspecified atom stereocenters. The van der Waals surface area contributed by atoms with Crippen molar-refractivity contribution >= 4 is 28.6 Å². The lowest BCUT2D eigenvalue weighted by Crippen LogP contribution is -2.38. The maximum Gasteiger partial charge on any atom is 0.229 e. The molecule has 3 aromatic rings. The second-order valence-corrected chi connectivity index (χ2v) is 8.83. The highest BCUT2D eigenvalue weighted by Gasteiger charge is 2.24. The van der Waals surface area contributed by atoms with Crippen molar-refractivity contribution in [2.45, 2.75) is 38.8 Å². The number of amides is 1. The van der Waals surface area contributed by atoms with Crippen LogP contribution in [-0.4, -0.2) is 74.5 Å². The third-order valence-corrected chi connectivity index (χ3v) is 6.49.